The number of carbonyl (C=O) groups is 1. The molecule has 0 atom stereocenters. The van der Waals surface area contributed by atoms with Crippen molar-refractivity contribution in [3.8, 4) is 11.5 Å². The third-order valence-electron chi connectivity index (χ3n) is 4.00. The van der Waals surface area contributed by atoms with Gasteiger partial charge in [-0.1, -0.05) is 11.6 Å². The van der Waals surface area contributed by atoms with E-state index in [1.807, 2.05) is 12.1 Å². The molecular weight excluding hydrogens is 330 g/mol. The number of nitrogens with one attached hydrogen (secondary N) is 1. The number of pyridine rings is 1. The molecule has 0 unspecified atom stereocenters. The van der Waals surface area contributed by atoms with Gasteiger partial charge < -0.3 is 19.7 Å². The zero-order valence-electron chi connectivity index (χ0n) is 12.9. The van der Waals surface area contributed by atoms with Gasteiger partial charge in [-0.15, -0.1) is 0 Å². The van der Waals surface area contributed by atoms with Crippen molar-refractivity contribution in [2.75, 3.05) is 36.5 Å². The van der Waals surface area contributed by atoms with Crippen molar-refractivity contribution < 1.29 is 14.3 Å². The van der Waals surface area contributed by atoms with E-state index in [2.05, 4.69) is 10.3 Å². The first-order valence-electron chi connectivity index (χ1n) is 7.84. The minimum atomic E-state index is -0.136. The fourth-order valence-corrected chi connectivity index (χ4v) is 3.14. The standard InChI is InChI=1S/C17H16ClN3O3/c18-12-9-11(10-14-15(12)24-8-2-7-23-14)17(22)21-6-5-20-16-13(21)3-1-4-19-16/h1,3-4,9-10H,2,5-8H2,(H,19,20). The molecule has 7 heteroatoms. The van der Waals surface area contributed by atoms with Crippen LogP contribution in [-0.2, 0) is 0 Å². The summed E-state index contributed by atoms with van der Waals surface area (Å²) in [5, 5.41) is 3.58. The first kappa shape index (κ1) is 15.1. The number of ether oxygens (including phenoxy) is 2. The SMILES string of the molecule is O=C(c1cc(Cl)c2c(c1)OCCCO2)N1CCNc2ncccc21. The van der Waals surface area contributed by atoms with E-state index in [1.54, 1.807) is 23.2 Å². The van der Waals surface area contributed by atoms with Gasteiger partial charge in [0.2, 0.25) is 0 Å². The second-order valence-corrected chi connectivity index (χ2v) is 6.00. The van der Waals surface area contributed by atoms with Crippen LogP contribution < -0.4 is 19.7 Å². The Balaban J connectivity index is 1.71. The van der Waals surface area contributed by atoms with Gasteiger partial charge in [0, 0.05) is 31.3 Å². The van der Waals surface area contributed by atoms with Crippen molar-refractivity contribution in [3.05, 3.63) is 41.0 Å². The fraction of sp³-hybridized carbons (Fsp3) is 0.294. The van der Waals surface area contributed by atoms with Gasteiger partial charge in [-0.3, -0.25) is 4.79 Å². The van der Waals surface area contributed by atoms with Gasteiger partial charge in [-0.05, 0) is 24.3 Å². The van der Waals surface area contributed by atoms with Gasteiger partial charge >= 0.3 is 0 Å². The molecule has 2 aliphatic heterocycles. The summed E-state index contributed by atoms with van der Waals surface area (Å²) in [5.41, 5.74) is 1.23. The first-order chi connectivity index (χ1) is 11.7. The number of nitrogens with zero attached hydrogens (tertiary/aromatic N) is 2. The molecule has 0 saturated heterocycles. The second-order valence-electron chi connectivity index (χ2n) is 5.59. The van der Waals surface area contributed by atoms with Crippen LogP contribution in [0.2, 0.25) is 5.02 Å². The molecule has 1 amide bonds. The van der Waals surface area contributed by atoms with Crippen LogP contribution in [0, 0.1) is 0 Å². The van der Waals surface area contributed by atoms with E-state index in [9.17, 15) is 4.79 Å². The molecule has 3 heterocycles. The zero-order valence-corrected chi connectivity index (χ0v) is 13.7. The highest BCUT2D eigenvalue weighted by atomic mass is 35.5. The van der Waals surface area contributed by atoms with Crippen molar-refractivity contribution in [3.63, 3.8) is 0 Å². The molecule has 0 radical (unpaired) electrons. The number of amides is 1. The predicted octanol–water partition coefficient (Wildman–Crippen LogP) is 2.97. The van der Waals surface area contributed by atoms with Crippen molar-refractivity contribution in [2.24, 2.45) is 0 Å². The van der Waals surface area contributed by atoms with Crippen molar-refractivity contribution >= 4 is 29.0 Å². The van der Waals surface area contributed by atoms with Gasteiger partial charge in [-0.2, -0.15) is 0 Å². The lowest BCUT2D eigenvalue weighted by molar-refractivity contribution is 0.0986. The van der Waals surface area contributed by atoms with E-state index in [0.717, 1.165) is 12.1 Å². The molecule has 2 aromatic rings. The van der Waals surface area contributed by atoms with Gasteiger partial charge in [-0.25, -0.2) is 4.98 Å². The maximum absolute atomic E-state index is 13.0. The van der Waals surface area contributed by atoms with Crippen molar-refractivity contribution in [1.29, 1.82) is 0 Å². The normalized spacial score (nSPS) is 16.0. The molecule has 0 bridgehead atoms. The monoisotopic (exact) mass is 345 g/mol. The summed E-state index contributed by atoms with van der Waals surface area (Å²) >= 11 is 6.30. The second kappa shape index (κ2) is 6.20. The van der Waals surface area contributed by atoms with Gasteiger partial charge in [0.05, 0.1) is 23.9 Å². The summed E-state index contributed by atoms with van der Waals surface area (Å²) in [6.45, 7) is 2.30. The summed E-state index contributed by atoms with van der Waals surface area (Å²) < 4.78 is 11.3. The quantitative estimate of drug-likeness (QED) is 0.861. The molecule has 2 aliphatic rings. The fourth-order valence-electron chi connectivity index (χ4n) is 2.88. The van der Waals surface area contributed by atoms with Crippen LogP contribution in [-0.4, -0.2) is 37.2 Å². The van der Waals surface area contributed by atoms with E-state index in [-0.39, 0.29) is 5.91 Å². The predicted molar refractivity (Wildman–Crippen MR) is 91.5 cm³/mol. The number of benzene rings is 1. The van der Waals surface area contributed by atoms with Crippen LogP contribution in [0.25, 0.3) is 0 Å². The highest BCUT2D eigenvalue weighted by Crippen LogP contribution is 2.39. The number of aromatic nitrogens is 1. The molecule has 4 rings (SSSR count). The highest BCUT2D eigenvalue weighted by molar-refractivity contribution is 6.33. The number of carbonyl (C=O) groups excluding carboxylic acids is 1. The molecule has 6 nitrogen and oxygen atoms in total. The average Bonchev–Trinajstić information content (AvgIpc) is 2.86. The number of fused-ring (bicyclic) bond motifs is 2. The Kier molecular flexibility index (Phi) is 3.90. The van der Waals surface area contributed by atoms with E-state index < -0.39 is 0 Å². The van der Waals surface area contributed by atoms with Crippen LogP contribution in [0.5, 0.6) is 11.5 Å². The minimum absolute atomic E-state index is 0.136. The summed E-state index contributed by atoms with van der Waals surface area (Å²) in [6.07, 6.45) is 2.48. The maximum atomic E-state index is 13.0. The summed E-state index contributed by atoms with van der Waals surface area (Å²) in [5.74, 6) is 1.60. The zero-order chi connectivity index (χ0) is 16.5. The van der Waals surface area contributed by atoms with E-state index in [0.29, 0.717) is 54.2 Å². The van der Waals surface area contributed by atoms with Gasteiger partial charge in [0.25, 0.3) is 5.91 Å². The lowest BCUT2D eigenvalue weighted by atomic mass is 10.1. The molecule has 24 heavy (non-hydrogen) atoms. The van der Waals surface area contributed by atoms with Crippen LogP contribution in [0.15, 0.2) is 30.5 Å². The van der Waals surface area contributed by atoms with E-state index in [4.69, 9.17) is 21.1 Å². The van der Waals surface area contributed by atoms with Gasteiger partial charge in [0.15, 0.2) is 11.5 Å². The van der Waals surface area contributed by atoms with Crippen LogP contribution in [0.1, 0.15) is 16.8 Å². The molecule has 0 fully saturated rings. The van der Waals surface area contributed by atoms with Crippen LogP contribution >= 0.6 is 11.6 Å². The topological polar surface area (TPSA) is 63.7 Å². The summed E-state index contributed by atoms with van der Waals surface area (Å²) in [7, 11) is 0. The minimum Gasteiger partial charge on any atom is -0.489 e. The lowest BCUT2D eigenvalue weighted by Gasteiger charge is -2.29. The number of rotatable bonds is 1. The van der Waals surface area contributed by atoms with E-state index in [1.165, 1.54) is 0 Å². The van der Waals surface area contributed by atoms with Crippen molar-refractivity contribution in [1.82, 2.24) is 4.98 Å². The van der Waals surface area contributed by atoms with E-state index >= 15 is 0 Å². The van der Waals surface area contributed by atoms with Crippen molar-refractivity contribution in [2.45, 2.75) is 6.42 Å². The Bertz CT molecular complexity index is 797. The maximum Gasteiger partial charge on any atom is 0.258 e. The number of halogens is 1. The molecule has 1 aromatic heterocycles. The lowest BCUT2D eigenvalue weighted by Crippen LogP contribution is -2.39. The third kappa shape index (κ3) is 2.63. The highest BCUT2D eigenvalue weighted by Gasteiger charge is 2.26. The molecule has 0 saturated carbocycles. The number of hydrogen-bond acceptors (Lipinski definition) is 5. The largest absolute Gasteiger partial charge is 0.489 e. The molecule has 124 valence electrons. The summed E-state index contributed by atoms with van der Waals surface area (Å²) in [6, 6.07) is 7.02. The van der Waals surface area contributed by atoms with Crippen LogP contribution in [0.4, 0.5) is 11.5 Å². The first-order valence-corrected chi connectivity index (χ1v) is 8.22. The average molecular weight is 346 g/mol. The smallest absolute Gasteiger partial charge is 0.258 e. The Morgan fingerprint density at radius 1 is 1.29 bits per heavy atom. The van der Waals surface area contributed by atoms with Gasteiger partial charge in [0.1, 0.15) is 5.82 Å². The molecule has 1 N–H and O–H groups in total. The Morgan fingerprint density at radius 2 is 2.17 bits per heavy atom. The Hall–Kier alpha value is -2.47. The third-order valence-corrected chi connectivity index (χ3v) is 4.28. The molecule has 0 aliphatic carbocycles. The Morgan fingerprint density at radius 3 is 3.08 bits per heavy atom. The summed E-state index contributed by atoms with van der Waals surface area (Å²) in [4.78, 5) is 19.0. The Labute approximate surface area is 144 Å². The molecular formula is C17H16ClN3O3. The molecule has 1 aromatic carbocycles. The number of anilines is 2. The molecule has 0 spiro atoms. The van der Waals surface area contributed by atoms with Crippen LogP contribution in [0.3, 0.4) is 0 Å². The number of hydrogen-bond donors (Lipinski definition) is 1.